The van der Waals surface area contributed by atoms with Crippen LogP contribution in [0.4, 0.5) is 0 Å². The molecule has 1 amide bonds. The maximum atomic E-state index is 12.6. The SMILES string of the molecule is CN1C(NC(=O)c2ccccc2)=NC(C)(c2nc(Br)cs2)C(C)(C)S1(O)O. The molecule has 0 bridgehead atoms. The summed E-state index contributed by atoms with van der Waals surface area (Å²) in [5.41, 5.74) is -0.595. The van der Waals surface area contributed by atoms with Gasteiger partial charge in [-0.2, -0.15) is 0 Å². The molecule has 0 saturated carbocycles. The van der Waals surface area contributed by atoms with Crippen LogP contribution in [0.3, 0.4) is 0 Å². The van der Waals surface area contributed by atoms with Crippen LogP contribution in [-0.2, 0) is 5.54 Å². The lowest BCUT2D eigenvalue weighted by atomic mass is 9.88. The van der Waals surface area contributed by atoms with E-state index in [0.29, 0.717) is 15.2 Å². The molecule has 10 heteroatoms. The van der Waals surface area contributed by atoms with Crippen LogP contribution >= 0.6 is 38.0 Å². The molecule has 3 rings (SSSR count). The molecule has 2 heterocycles. The summed E-state index contributed by atoms with van der Waals surface area (Å²) in [5, 5.41) is 5.15. The van der Waals surface area contributed by atoms with E-state index in [9.17, 15) is 13.9 Å². The lowest BCUT2D eigenvalue weighted by Crippen LogP contribution is -2.60. The second-order valence-corrected chi connectivity index (χ2v) is 11.1. The second kappa shape index (κ2) is 6.85. The fourth-order valence-electron chi connectivity index (χ4n) is 2.80. The van der Waals surface area contributed by atoms with Gasteiger partial charge >= 0.3 is 0 Å². The molecule has 146 valence electrons. The normalized spacial score (nSPS) is 24.9. The van der Waals surface area contributed by atoms with E-state index in [0.717, 1.165) is 0 Å². The summed E-state index contributed by atoms with van der Waals surface area (Å²) < 4.78 is 22.9. The number of hydrogen-bond donors (Lipinski definition) is 3. The largest absolute Gasteiger partial charge is 0.291 e. The monoisotopic (exact) mass is 472 g/mol. The van der Waals surface area contributed by atoms with Crippen LogP contribution in [0, 0.1) is 0 Å². The minimum atomic E-state index is -3.32. The van der Waals surface area contributed by atoms with Crippen molar-refractivity contribution in [1.29, 1.82) is 0 Å². The topological polar surface area (TPSA) is 98.1 Å². The van der Waals surface area contributed by atoms with Crippen LogP contribution in [0.1, 0.15) is 36.1 Å². The number of nitrogens with one attached hydrogen (secondary N) is 1. The first-order valence-electron chi connectivity index (χ1n) is 8.10. The third-order valence-electron chi connectivity index (χ3n) is 5.02. The molecule has 7 nitrogen and oxygen atoms in total. The third-order valence-corrected chi connectivity index (χ3v) is 9.49. The Kier molecular flexibility index (Phi) is 5.15. The standard InChI is InChI=1S/C17H21BrN4O3S2/c1-16(2)17(3,14-19-12(18)10-26-14)21-15(22(4)27(16,24)25)20-13(23)11-8-6-5-7-9-11/h5-10,24-25H,1-4H3,(H,20,21,23). The van der Waals surface area contributed by atoms with Crippen molar-refractivity contribution in [3.8, 4) is 0 Å². The van der Waals surface area contributed by atoms with E-state index < -0.39 is 21.1 Å². The van der Waals surface area contributed by atoms with Crippen LogP contribution in [0.5, 0.6) is 0 Å². The molecule has 1 aromatic carbocycles. The van der Waals surface area contributed by atoms with E-state index in [1.54, 1.807) is 45.0 Å². The maximum absolute atomic E-state index is 12.6. The Bertz CT molecular complexity index is 901. The summed E-state index contributed by atoms with van der Waals surface area (Å²) in [4.78, 5) is 21.8. The Labute approximate surface area is 172 Å². The summed E-state index contributed by atoms with van der Waals surface area (Å²) in [6, 6.07) is 8.69. The highest BCUT2D eigenvalue weighted by atomic mass is 79.9. The minimum Gasteiger partial charge on any atom is -0.291 e. The van der Waals surface area contributed by atoms with E-state index in [4.69, 9.17) is 4.99 Å². The predicted octanol–water partition coefficient (Wildman–Crippen LogP) is 4.30. The molecule has 0 spiro atoms. The Balaban J connectivity index is 2.08. The first-order chi connectivity index (χ1) is 12.5. The number of rotatable bonds is 2. The molecule has 1 aromatic heterocycles. The number of amides is 1. The zero-order chi connectivity index (χ0) is 20.0. The summed E-state index contributed by atoms with van der Waals surface area (Å²) in [7, 11) is -1.81. The van der Waals surface area contributed by atoms with Crippen molar-refractivity contribution in [2.24, 2.45) is 4.99 Å². The van der Waals surface area contributed by atoms with Gasteiger partial charge in [-0.3, -0.25) is 19.2 Å². The number of guanidine groups is 1. The van der Waals surface area contributed by atoms with Crippen molar-refractivity contribution < 1.29 is 13.9 Å². The van der Waals surface area contributed by atoms with Gasteiger partial charge in [-0.25, -0.2) is 14.3 Å². The fraction of sp³-hybridized carbons (Fsp3) is 0.353. The van der Waals surface area contributed by atoms with Crippen LogP contribution in [0.25, 0.3) is 0 Å². The highest BCUT2D eigenvalue weighted by Crippen LogP contribution is 2.65. The van der Waals surface area contributed by atoms with Gasteiger partial charge in [0, 0.05) is 18.0 Å². The Hall–Kier alpha value is -1.46. The number of benzene rings is 1. The van der Waals surface area contributed by atoms with Crippen molar-refractivity contribution in [3.05, 3.63) is 50.9 Å². The van der Waals surface area contributed by atoms with Gasteiger partial charge in [0.15, 0.2) is 0 Å². The van der Waals surface area contributed by atoms with Gasteiger partial charge in [-0.05, 0) is 48.8 Å². The zero-order valence-corrected chi connectivity index (χ0v) is 18.5. The summed E-state index contributed by atoms with van der Waals surface area (Å²) in [6.45, 7) is 5.29. The van der Waals surface area contributed by atoms with E-state index in [1.165, 1.54) is 22.7 Å². The van der Waals surface area contributed by atoms with Gasteiger partial charge in [0.2, 0.25) is 5.96 Å². The van der Waals surface area contributed by atoms with Gasteiger partial charge in [0.25, 0.3) is 5.91 Å². The highest BCUT2D eigenvalue weighted by molar-refractivity contribution is 9.10. The third kappa shape index (κ3) is 3.19. The molecule has 1 aliphatic heterocycles. The molecule has 0 fully saturated rings. The van der Waals surface area contributed by atoms with Crippen molar-refractivity contribution in [2.75, 3.05) is 7.05 Å². The number of nitrogens with zero attached hydrogens (tertiary/aromatic N) is 3. The number of carbonyl (C=O) groups is 1. The average molecular weight is 473 g/mol. The molecule has 3 N–H and O–H groups in total. The maximum Gasteiger partial charge on any atom is 0.257 e. The first-order valence-corrected chi connectivity index (χ1v) is 11.3. The molecule has 27 heavy (non-hydrogen) atoms. The highest BCUT2D eigenvalue weighted by Gasteiger charge is 2.58. The number of carbonyl (C=O) groups excluding carboxylic acids is 1. The molecule has 1 aliphatic rings. The Morgan fingerprint density at radius 1 is 1.26 bits per heavy atom. The molecule has 0 radical (unpaired) electrons. The van der Waals surface area contributed by atoms with E-state index in [-0.39, 0.29) is 11.9 Å². The van der Waals surface area contributed by atoms with E-state index in [1.807, 2.05) is 11.4 Å². The van der Waals surface area contributed by atoms with E-state index >= 15 is 0 Å². The number of thiazole rings is 1. The van der Waals surface area contributed by atoms with Crippen LogP contribution in [-0.4, -0.2) is 42.1 Å². The van der Waals surface area contributed by atoms with Crippen LogP contribution in [0.15, 0.2) is 45.3 Å². The van der Waals surface area contributed by atoms with Crippen molar-refractivity contribution in [1.82, 2.24) is 14.6 Å². The lowest BCUT2D eigenvalue weighted by molar-refractivity contribution is 0.0973. The number of aliphatic imine (C=N–C) groups is 1. The van der Waals surface area contributed by atoms with Gasteiger partial charge in [-0.1, -0.05) is 18.2 Å². The molecule has 1 unspecified atom stereocenters. The molecular formula is C17H21BrN4O3S2. The molecule has 2 aromatic rings. The van der Waals surface area contributed by atoms with Crippen molar-refractivity contribution in [2.45, 2.75) is 31.1 Å². The Morgan fingerprint density at radius 3 is 2.44 bits per heavy atom. The number of aromatic nitrogens is 1. The molecular weight excluding hydrogens is 452 g/mol. The predicted molar refractivity (Wildman–Crippen MR) is 113 cm³/mol. The molecule has 0 aliphatic carbocycles. The fourth-order valence-corrected chi connectivity index (χ4v) is 6.07. The van der Waals surface area contributed by atoms with Crippen molar-refractivity contribution >= 4 is 49.9 Å². The van der Waals surface area contributed by atoms with Crippen molar-refractivity contribution in [3.63, 3.8) is 0 Å². The molecule has 1 atom stereocenters. The lowest BCUT2D eigenvalue weighted by Gasteiger charge is -2.60. The Morgan fingerprint density at radius 2 is 1.89 bits per heavy atom. The van der Waals surface area contributed by atoms with Gasteiger partial charge in [0.1, 0.15) is 19.9 Å². The summed E-state index contributed by atoms with van der Waals surface area (Å²) in [6.07, 6.45) is 0. The average Bonchev–Trinajstić information content (AvgIpc) is 3.06. The summed E-state index contributed by atoms with van der Waals surface area (Å²) in [5.74, 6) is -0.282. The quantitative estimate of drug-likeness (QED) is 0.605. The number of hydrogen-bond acceptors (Lipinski definition) is 7. The number of halogens is 1. The van der Waals surface area contributed by atoms with Gasteiger partial charge in [0.05, 0.1) is 0 Å². The van der Waals surface area contributed by atoms with Crippen LogP contribution in [0.2, 0.25) is 0 Å². The minimum absolute atomic E-state index is 0.0944. The van der Waals surface area contributed by atoms with Gasteiger partial charge in [-0.15, -0.1) is 22.1 Å². The first kappa shape index (κ1) is 20.3. The summed E-state index contributed by atoms with van der Waals surface area (Å²) >= 11 is 4.71. The smallest absolute Gasteiger partial charge is 0.257 e. The van der Waals surface area contributed by atoms with E-state index in [2.05, 4.69) is 26.2 Å². The second-order valence-electron chi connectivity index (χ2n) is 6.83. The van der Waals surface area contributed by atoms with Gasteiger partial charge < -0.3 is 0 Å². The molecule has 0 saturated heterocycles. The zero-order valence-electron chi connectivity index (χ0n) is 15.3. The van der Waals surface area contributed by atoms with Crippen LogP contribution < -0.4 is 5.32 Å².